The number of amides is 4. The van der Waals surface area contributed by atoms with Crippen molar-refractivity contribution in [3.63, 3.8) is 0 Å². The molecule has 0 saturated carbocycles. The number of rotatable bonds is 8. The summed E-state index contributed by atoms with van der Waals surface area (Å²) in [6, 6.07) is 52.1. The Balaban J connectivity index is 0.821. The summed E-state index contributed by atoms with van der Waals surface area (Å²) in [5.74, 6) is 0.590. The van der Waals surface area contributed by atoms with Gasteiger partial charge in [-0.15, -0.1) is 0 Å². The first-order chi connectivity index (χ1) is 28.7. The van der Waals surface area contributed by atoms with Gasteiger partial charge in [-0.05, 0) is 94.7 Å². The summed E-state index contributed by atoms with van der Waals surface area (Å²) in [4.78, 5) is 56.6. The molecule has 2 heterocycles. The Kier molecular flexibility index (Phi) is 8.24. The Hall–Kier alpha value is -7.84. The van der Waals surface area contributed by atoms with E-state index in [0.717, 1.165) is 32.7 Å². The van der Waals surface area contributed by atoms with Crippen LogP contribution < -0.4 is 19.3 Å². The first-order valence-corrected chi connectivity index (χ1v) is 19.2. The average Bonchev–Trinajstić information content (AvgIpc) is 3.66. The number of carbonyl (C=O) groups is 4. The van der Waals surface area contributed by atoms with Gasteiger partial charge in [0.15, 0.2) is 0 Å². The number of nitrogens with zero attached hydrogens (tertiary/aromatic N) is 2. The molecule has 0 aliphatic carbocycles. The molecule has 8 nitrogen and oxygen atoms in total. The van der Waals surface area contributed by atoms with E-state index in [1.807, 2.05) is 121 Å². The number of anilines is 2. The van der Waals surface area contributed by atoms with Crippen molar-refractivity contribution in [1.82, 2.24) is 0 Å². The lowest BCUT2D eigenvalue weighted by Gasteiger charge is -2.26. The highest BCUT2D eigenvalue weighted by molar-refractivity contribution is 6.37. The third-order valence-corrected chi connectivity index (χ3v) is 11.4. The zero-order valence-corrected chi connectivity index (χ0v) is 32.0. The zero-order valence-electron chi connectivity index (χ0n) is 32.0. The van der Waals surface area contributed by atoms with E-state index in [0.29, 0.717) is 56.6 Å². The molecule has 2 aliphatic heterocycles. The molecule has 10 rings (SSSR count). The molecule has 284 valence electrons. The highest BCUT2D eigenvalue weighted by atomic mass is 16.5. The monoisotopic (exact) mass is 770 g/mol. The Morgan fingerprint density at radius 3 is 1.15 bits per heavy atom. The minimum absolute atomic E-state index is 0.300. The van der Waals surface area contributed by atoms with Crippen molar-refractivity contribution in [2.45, 2.75) is 19.3 Å². The highest BCUT2D eigenvalue weighted by Gasteiger charge is 2.39. The van der Waals surface area contributed by atoms with Crippen LogP contribution in [0.25, 0.3) is 21.5 Å². The quantitative estimate of drug-likeness (QED) is 0.143. The molecule has 8 heteroatoms. The van der Waals surface area contributed by atoms with E-state index in [-0.39, 0.29) is 29.0 Å². The molecule has 2 aliphatic rings. The number of ether oxygens (including phenoxy) is 2. The van der Waals surface area contributed by atoms with Crippen molar-refractivity contribution in [3.05, 3.63) is 203 Å². The van der Waals surface area contributed by atoms with Crippen molar-refractivity contribution in [3.8, 4) is 23.0 Å². The summed E-state index contributed by atoms with van der Waals surface area (Å²) in [7, 11) is 0. The van der Waals surface area contributed by atoms with Crippen LogP contribution in [-0.2, 0) is 5.41 Å². The standard InChI is InChI=1S/C51H34N2O6/c1-51(2,33-17-21-35(22-18-33)58-37-25-27-41-43(29-37)49(56)52(47(41)54)45-15-7-11-31-9-3-5-13-39(31)45)34-19-23-36(24-20-34)59-38-26-28-42-44(30-38)50(57)53(48(42)55)46-16-8-12-32-10-4-6-14-40(32)46/h3-30H,1-2H3. The van der Waals surface area contributed by atoms with Crippen molar-refractivity contribution in [1.29, 1.82) is 0 Å². The predicted octanol–water partition coefficient (Wildman–Crippen LogP) is 11.5. The van der Waals surface area contributed by atoms with Crippen LogP contribution in [0.3, 0.4) is 0 Å². The fourth-order valence-electron chi connectivity index (χ4n) is 8.13. The van der Waals surface area contributed by atoms with E-state index in [4.69, 9.17) is 9.47 Å². The second-order valence-corrected chi connectivity index (χ2v) is 15.2. The van der Waals surface area contributed by atoms with E-state index in [1.54, 1.807) is 48.5 Å². The second kappa shape index (κ2) is 13.7. The first kappa shape index (κ1) is 35.6. The van der Waals surface area contributed by atoms with Gasteiger partial charge in [-0.1, -0.05) is 111 Å². The van der Waals surface area contributed by atoms with Crippen molar-refractivity contribution in [2.24, 2.45) is 0 Å². The van der Waals surface area contributed by atoms with Gasteiger partial charge < -0.3 is 9.47 Å². The number of carbonyl (C=O) groups excluding carboxylic acids is 4. The van der Waals surface area contributed by atoms with E-state index in [9.17, 15) is 19.2 Å². The molecule has 0 fully saturated rings. The van der Waals surface area contributed by atoms with Crippen molar-refractivity contribution < 1.29 is 28.7 Å². The summed E-state index contributed by atoms with van der Waals surface area (Å²) in [5.41, 5.74) is 4.11. The lowest BCUT2D eigenvalue weighted by atomic mass is 9.78. The maximum atomic E-state index is 13.6. The molecule has 4 amide bonds. The molecule has 0 saturated heterocycles. The van der Waals surface area contributed by atoms with Crippen LogP contribution in [0.5, 0.6) is 23.0 Å². The lowest BCUT2D eigenvalue weighted by Crippen LogP contribution is -2.29. The zero-order chi connectivity index (χ0) is 40.4. The van der Waals surface area contributed by atoms with Gasteiger partial charge in [-0.2, -0.15) is 0 Å². The molecule has 0 spiro atoms. The van der Waals surface area contributed by atoms with Crippen LogP contribution in [0.15, 0.2) is 170 Å². The van der Waals surface area contributed by atoms with Gasteiger partial charge >= 0.3 is 0 Å². The molecule has 0 bridgehead atoms. The predicted molar refractivity (Wildman–Crippen MR) is 228 cm³/mol. The van der Waals surface area contributed by atoms with E-state index in [1.165, 1.54) is 9.80 Å². The molecule has 0 aromatic heterocycles. The molecule has 0 atom stereocenters. The van der Waals surface area contributed by atoms with Crippen LogP contribution in [0.4, 0.5) is 11.4 Å². The van der Waals surface area contributed by atoms with Gasteiger partial charge in [0, 0.05) is 16.2 Å². The van der Waals surface area contributed by atoms with Gasteiger partial charge in [0.05, 0.1) is 33.6 Å². The average molecular weight is 771 g/mol. The molecular weight excluding hydrogens is 737 g/mol. The van der Waals surface area contributed by atoms with E-state index >= 15 is 0 Å². The van der Waals surface area contributed by atoms with Crippen LogP contribution in [0.2, 0.25) is 0 Å². The van der Waals surface area contributed by atoms with E-state index < -0.39 is 0 Å². The van der Waals surface area contributed by atoms with Gasteiger partial charge in [0.25, 0.3) is 23.6 Å². The molecule has 0 unspecified atom stereocenters. The summed E-state index contributed by atoms with van der Waals surface area (Å²) in [5, 5.41) is 3.54. The van der Waals surface area contributed by atoms with Crippen LogP contribution in [0.1, 0.15) is 66.4 Å². The highest BCUT2D eigenvalue weighted by Crippen LogP contribution is 2.39. The van der Waals surface area contributed by atoms with E-state index in [2.05, 4.69) is 13.8 Å². The largest absolute Gasteiger partial charge is 0.457 e. The summed E-state index contributed by atoms with van der Waals surface area (Å²) in [6.45, 7) is 4.27. The molecule has 59 heavy (non-hydrogen) atoms. The molecule has 8 aromatic carbocycles. The lowest BCUT2D eigenvalue weighted by molar-refractivity contribution is 0.0910. The topological polar surface area (TPSA) is 93.2 Å². The fraction of sp³-hybridized carbons (Fsp3) is 0.0588. The van der Waals surface area contributed by atoms with Gasteiger partial charge in [-0.3, -0.25) is 19.2 Å². The molecule has 0 N–H and O–H groups in total. The molecule has 8 aromatic rings. The molecular formula is C51H34N2O6. The SMILES string of the molecule is CC(C)(c1ccc(Oc2ccc3c(c2)C(=O)N(c2cccc4ccccc24)C3=O)cc1)c1ccc(Oc2ccc3c(c2)C(=O)N(c2cccc4ccccc24)C3=O)cc1. The Morgan fingerprint density at radius 1 is 0.373 bits per heavy atom. The summed E-state index contributed by atoms with van der Waals surface area (Å²) < 4.78 is 12.4. The third-order valence-electron chi connectivity index (χ3n) is 11.4. The molecule has 0 radical (unpaired) electrons. The van der Waals surface area contributed by atoms with Crippen LogP contribution in [0, 0.1) is 0 Å². The van der Waals surface area contributed by atoms with Crippen LogP contribution in [-0.4, -0.2) is 23.6 Å². The minimum Gasteiger partial charge on any atom is -0.457 e. The van der Waals surface area contributed by atoms with Crippen molar-refractivity contribution in [2.75, 3.05) is 9.80 Å². The van der Waals surface area contributed by atoms with Crippen LogP contribution >= 0.6 is 0 Å². The normalized spacial score (nSPS) is 13.7. The maximum absolute atomic E-state index is 13.6. The number of fused-ring (bicyclic) bond motifs is 4. The fourth-order valence-corrected chi connectivity index (χ4v) is 8.13. The van der Waals surface area contributed by atoms with Gasteiger partial charge in [0.2, 0.25) is 0 Å². The number of imide groups is 2. The first-order valence-electron chi connectivity index (χ1n) is 19.2. The number of hydrogen-bond donors (Lipinski definition) is 0. The smallest absolute Gasteiger partial charge is 0.266 e. The van der Waals surface area contributed by atoms with Gasteiger partial charge in [-0.25, -0.2) is 9.80 Å². The maximum Gasteiger partial charge on any atom is 0.266 e. The summed E-state index contributed by atoms with van der Waals surface area (Å²) >= 11 is 0. The Labute approximate surface area is 339 Å². The number of hydrogen-bond acceptors (Lipinski definition) is 6. The third kappa shape index (κ3) is 5.92. The second-order valence-electron chi connectivity index (χ2n) is 15.2. The number of benzene rings is 8. The minimum atomic E-state index is -0.386. The Bertz CT molecular complexity index is 2840. The summed E-state index contributed by atoms with van der Waals surface area (Å²) in [6.07, 6.45) is 0. The Morgan fingerprint density at radius 2 is 0.729 bits per heavy atom. The van der Waals surface area contributed by atoms with Crippen molar-refractivity contribution >= 4 is 56.5 Å². The van der Waals surface area contributed by atoms with Gasteiger partial charge in [0.1, 0.15) is 23.0 Å².